The highest BCUT2D eigenvalue weighted by Crippen LogP contribution is 2.30. The highest BCUT2D eigenvalue weighted by Gasteiger charge is 2.33. The van der Waals surface area contributed by atoms with E-state index in [9.17, 15) is 23.3 Å². The van der Waals surface area contributed by atoms with Gasteiger partial charge in [-0.05, 0) is 56.2 Å². The zero-order chi connectivity index (χ0) is 23.5. The van der Waals surface area contributed by atoms with Crippen molar-refractivity contribution in [2.24, 2.45) is 0 Å². The van der Waals surface area contributed by atoms with Crippen LogP contribution in [0.5, 0.6) is 5.75 Å². The Morgan fingerprint density at radius 3 is 2.28 bits per heavy atom. The van der Waals surface area contributed by atoms with Gasteiger partial charge < -0.3 is 4.74 Å². The smallest absolute Gasteiger partial charge is 0.310 e. The molecule has 3 rings (SSSR count). The third kappa shape index (κ3) is 4.62. The van der Waals surface area contributed by atoms with Gasteiger partial charge in [0.25, 0.3) is 15.9 Å². The van der Waals surface area contributed by atoms with Crippen LogP contribution in [0.25, 0.3) is 0 Å². The number of carbonyl (C=O) groups is 1. The van der Waals surface area contributed by atoms with Gasteiger partial charge in [-0.15, -0.1) is 0 Å². The molecule has 0 unspecified atom stereocenters. The molecule has 166 valence electrons. The van der Waals surface area contributed by atoms with E-state index in [0.717, 1.165) is 11.1 Å². The standard InChI is InChI=1S/C23H22N2O6S/c1-16-11-13-19(14-12-16)32(29,30)24(20-9-6-7-17(2)18(20)3)23(26)15-31-22-10-5-4-8-21(22)25(27)28/h4-14H,15H2,1-3H3. The highest BCUT2D eigenvalue weighted by molar-refractivity contribution is 7.93. The van der Waals surface area contributed by atoms with Crippen molar-refractivity contribution in [3.05, 3.63) is 93.5 Å². The minimum atomic E-state index is -4.27. The molecule has 0 atom stereocenters. The quantitative estimate of drug-likeness (QED) is 0.389. The molecule has 0 fully saturated rings. The topological polar surface area (TPSA) is 107 Å². The predicted octanol–water partition coefficient (Wildman–Crippen LogP) is 4.32. The molecule has 0 aliphatic rings. The van der Waals surface area contributed by atoms with E-state index in [2.05, 4.69) is 0 Å². The first kappa shape index (κ1) is 23.0. The fraction of sp³-hybridized carbons (Fsp3) is 0.174. The van der Waals surface area contributed by atoms with Gasteiger partial charge in [0.05, 0.1) is 15.5 Å². The van der Waals surface area contributed by atoms with E-state index in [1.54, 1.807) is 25.1 Å². The second-order valence-corrected chi connectivity index (χ2v) is 9.00. The van der Waals surface area contributed by atoms with Crippen molar-refractivity contribution < 1.29 is 22.9 Å². The average Bonchev–Trinajstić information content (AvgIpc) is 2.75. The van der Waals surface area contributed by atoms with Crippen molar-refractivity contribution in [1.82, 2.24) is 0 Å². The van der Waals surface area contributed by atoms with Crippen molar-refractivity contribution in [3.63, 3.8) is 0 Å². The van der Waals surface area contributed by atoms with E-state index in [1.165, 1.54) is 42.5 Å². The Balaban J connectivity index is 2.03. The van der Waals surface area contributed by atoms with Gasteiger partial charge in [-0.1, -0.05) is 42.0 Å². The van der Waals surface area contributed by atoms with Gasteiger partial charge in [-0.2, -0.15) is 4.31 Å². The van der Waals surface area contributed by atoms with Gasteiger partial charge in [0.2, 0.25) is 0 Å². The van der Waals surface area contributed by atoms with Crippen molar-refractivity contribution in [2.75, 3.05) is 10.9 Å². The van der Waals surface area contributed by atoms with Crippen LogP contribution in [-0.4, -0.2) is 25.9 Å². The zero-order valence-corrected chi connectivity index (χ0v) is 18.6. The Bertz CT molecular complexity index is 1270. The highest BCUT2D eigenvalue weighted by atomic mass is 32.2. The lowest BCUT2D eigenvalue weighted by molar-refractivity contribution is -0.385. The minimum absolute atomic E-state index is 0.0527. The van der Waals surface area contributed by atoms with E-state index in [4.69, 9.17) is 4.74 Å². The Hall–Kier alpha value is -3.72. The Labute approximate surface area is 186 Å². The number of sulfonamides is 1. The summed E-state index contributed by atoms with van der Waals surface area (Å²) >= 11 is 0. The molecule has 0 N–H and O–H groups in total. The molecule has 0 aliphatic heterocycles. The monoisotopic (exact) mass is 454 g/mol. The first-order chi connectivity index (χ1) is 15.1. The molecule has 0 bridgehead atoms. The van der Waals surface area contributed by atoms with Gasteiger partial charge >= 0.3 is 5.69 Å². The number of aryl methyl sites for hydroxylation is 2. The molecule has 0 saturated heterocycles. The molecule has 0 radical (unpaired) electrons. The predicted molar refractivity (Wildman–Crippen MR) is 120 cm³/mol. The van der Waals surface area contributed by atoms with Gasteiger partial charge in [-0.25, -0.2) is 8.42 Å². The summed E-state index contributed by atoms with van der Waals surface area (Å²) in [6.07, 6.45) is 0. The number of para-hydroxylation sites is 2. The molecule has 3 aromatic rings. The molecular weight excluding hydrogens is 432 g/mol. The van der Waals surface area contributed by atoms with Gasteiger partial charge in [-0.3, -0.25) is 14.9 Å². The van der Waals surface area contributed by atoms with Crippen LogP contribution in [0.1, 0.15) is 16.7 Å². The SMILES string of the molecule is Cc1ccc(S(=O)(=O)N(C(=O)COc2ccccc2[N+](=O)[O-])c2cccc(C)c2C)cc1. The number of rotatable bonds is 7. The molecule has 0 saturated carbocycles. The van der Waals surface area contributed by atoms with Crippen LogP contribution in [0.2, 0.25) is 0 Å². The van der Waals surface area contributed by atoms with Crippen molar-refractivity contribution in [1.29, 1.82) is 0 Å². The van der Waals surface area contributed by atoms with Gasteiger partial charge in [0.15, 0.2) is 12.4 Å². The number of hydrogen-bond donors (Lipinski definition) is 0. The number of carbonyl (C=O) groups excluding carboxylic acids is 1. The number of amides is 1. The summed E-state index contributed by atoms with van der Waals surface area (Å²) in [7, 11) is -4.27. The number of benzene rings is 3. The molecule has 1 amide bonds. The summed E-state index contributed by atoms with van der Waals surface area (Å²) in [4.78, 5) is 23.7. The molecule has 32 heavy (non-hydrogen) atoms. The second-order valence-electron chi connectivity index (χ2n) is 7.21. The summed E-state index contributed by atoms with van der Waals surface area (Å²) in [5.41, 5.74) is 2.16. The number of ether oxygens (including phenoxy) is 1. The maximum atomic E-state index is 13.5. The third-order valence-corrected chi connectivity index (χ3v) is 6.74. The lowest BCUT2D eigenvalue weighted by atomic mass is 10.1. The maximum Gasteiger partial charge on any atom is 0.310 e. The molecule has 3 aromatic carbocycles. The van der Waals surface area contributed by atoms with Gasteiger partial charge in [0.1, 0.15) is 0 Å². The van der Waals surface area contributed by atoms with E-state index < -0.39 is 27.5 Å². The second kappa shape index (κ2) is 9.19. The first-order valence-corrected chi connectivity index (χ1v) is 11.1. The lowest BCUT2D eigenvalue weighted by Gasteiger charge is -2.25. The molecule has 8 nitrogen and oxygen atoms in total. The van der Waals surface area contributed by atoms with E-state index >= 15 is 0 Å². The number of nitro groups is 1. The molecule has 9 heteroatoms. The number of nitro benzene ring substituents is 1. The Morgan fingerprint density at radius 1 is 0.969 bits per heavy atom. The molecule has 0 aromatic heterocycles. The number of anilines is 1. The fourth-order valence-corrected chi connectivity index (χ4v) is 4.57. The fourth-order valence-electron chi connectivity index (χ4n) is 3.10. The third-order valence-electron chi connectivity index (χ3n) is 4.99. The van der Waals surface area contributed by atoms with E-state index in [0.29, 0.717) is 9.87 Å². The summed E-state index contributed by atoms with van der Waals surface area (Å²) in [6, 6.07) is 16.7. The summed E-state index contributed by atoms with van der Waals surface area (Å²) in [6.45, 7) is 4.65. The van der Waals surface area contributed by atoms with Crippen LogP contribution in [0.3, 0.4) is 0 Å². The van der Waals surface area contributed by atoms with Gasteiger partial charge in [0, 0.05) is 6.07 Å². The Morgan fingerprint density at radius 2 is 1.62 bits per heavy atom. The summed E-state index contributed by atoms with van der Waals surface area (Å²) in [5, 5.41) is 11.2. The van der Waals surface area contributed by atoms with Crippen LogP contribution in [-0.2, 0) is 14.8 Å². The Kier molecular flexibility index (Phi) is 6.59. The van der Waals surface area contributed by atoms with Crippen LogP contribution in [0.15, 0.2) is 71.6 Å². The first-order valence-electron chi connectivity index (χ1n) is 9.70. The molecular formula is C23H22N2O6S. The summed E-state index contributed by atoms with van der Waals surface area (Å²) in [5.74, 6) is -1.00. The number of hydrogen-bond acceptors (Lipinski definition) is 6. The largest absolute Gasteiger partial charge is 0.477 e. The van der Waals surface area contributed by atoms with E-state index in [1.807, 2.05) is 19.9 Å². The van der Waals surface area contributed by atoms with Crippen molar-refractivity contribution in [3.8, 4) is 5.75 Å². The lowest BCUT2D eigenvalue weighted by Crippen LogP contribution is -2.40. The van der Waals surface area contributed by atoms with Crippen LogP contribution < -0.4 is 9.04 Å². The minimum Gasteiger partial charge on any atom is -0.477 e. The molecule has 0 spiro atoms. The summed E-state index contributed by atoms with van der Waals surface area (Å²) < 4.78 is 33.0. The van der Waals surface area contributed by atoms with Crippen molar-refractivity contribution in [2.45, 2.75) is 25.7 Å². The molecule has 0 heterocycles. The number of nitrogens with zero attached hydrogens (tertiary/aromatic N) is 2. The van der Waals surface area contributed by atoms with E-state index in [-0.39, 0.29) is 22.0 Å². The van der Waals surface area contributed by atoms with Crippen LogP contribution in [0.4, 0.5) is 11.4 Å². The maximum absolute atomic E-state index is 13.5. The average molecular weight is 455 g/mol. The van der Waals surface area contributed by atoms with Crippen LogP contribution in [0, 0.1) is 30.9 Å². The van der Waals surface area contributed by atoms with Crippen molar-refractivity contribution >= 4 is 27.3 Å². The molecule has 0 aliphatic carbocycles. The van der Waals surface area contributed by atoms with Crippen LogP contribution >= 0.6 is 0 Å². The normalized spacial score (nSPS) is 11.1. The zero-order valence-electron chi connectivity index (χ0n) is 17.8.